The van der Waals surface area contributed by atoms with Crippen molar-refractivity contribution in [2.45, 2.75) is 39.8 Å². The Balaban J connectivity index is 1.52. The van der Waals surface area contributed by atoms with Gasteiger partial charge in [0.25, 0.3) is 5.91 Å². The predicted molar refractivity (Wildman–Crippen MR) is 129 cm³/mol. The van der Waals surface area contributed by atoms with Gasteiger partial charge in [0.15, 0.2) is 0 Å². The van der Waals surface area contributed by atoms with Crippen LogP contribution in [-0.2, 0) is 17.8 Å². The zero-order chi connectivity index (χ0) is 23.8. The predicted octanol–water partition coefficient (Wildman–Crippen LogP) is 3.06. The number of hydrogen-bond acceptors (Lipinski definition) is 3. The molecule has 1 unspecified atom stereocenters. The van der Waals surface area contributed by atoms with Crippen LogP contribution in [0.5, 0.6) is 0 Å². The molecule has 176 valence electrons. The van der Waals surface area contributed by atoms with E-state index in [9.17, 15) is 14.4 Å². The van der Waals surface area contributed by atoms with E-state index in [4.69, 9.17) is 0 Å². The molecule has 0 aliphatic carbocycles. The Morgan fingerprint density at radius 2 is 1.45 bits per heavy atom. The number of nitrogens with zero attached hydrogens (tertiary/aromatic N) is 2. The lowest BCUT2D eigenvalue weighted by atomic mass is 10.0. The van der Waals surface area contributed by atoms with Crippen molar-refractivity contribution in [1.29, 1.82) is 0 Å². The van der Waals surface area contributed by atoms with Gasteiger partial charge in [0.1, 0.15) is 6.04 Å². The molecule has 0 aromatic heterocycles. The van der Waals surface area contributed by atoms with Crippen molar-refractivity contribution < 1.29 is 14.4 Å². The Kier molecular flexibility index (Phi) is 8.46. The number of amides is 4. The average molecular weight is 451 g/mol. The minimum atomic E-state index is -0.621. The number of piperazine rings is 1. The number of hydrogen-bond donors (Lipinski definition) is 2. The monoisotopic (exact) mass is 450 g/mol. The summed E-state index contributed by atoms with van der Waals surface area (Å²) in [5.74, 6) is -0.181. The van der Waals surface area contributed by atoms with Crippen molar-refractivity contribution in [3.8, 4) is 0 Å². The molecule has 7 nitrogen and oxygen atoms in total. The Hall–Kier alpha value is -3.35. The number of urea groups is 1. The fourth-order valence-electron chi connectivity index (χ4n) is 3.88. The van der Waals surface area contributed by atoms with Crippen molar-refractivity contribution in [3.63, 3.8) is 0 Å². The minimum Gasteiger partial charge on any atom is -0.337 e. The quantitative estimate of drug-likeness (QED) is 0.680. The molecule has 1 heterocycles. The fourth-order valence-corrected chi connectivity index (χ4v) is 3.88. The van der Waals surface area contributed by atoms with Crippen LogP contribution in [0, 0.1) is 5.92 Å². The van der Waals surface area contributed by atoms with Gasteiger partial charge in [0.2, 0.25) is 5.91 Å². The second kappa shape index (κ2) is 11.5. The van der Waals surface area contributed by atoms with E-state index < -0.39 is 6.04 Å². The van der Waals surface area contributed by atoms with Gasteiger partial charge >= 0.3 is 6.03 Å². The number of benzene rings is 2. The maximum atomic E-state index is 13.1. The highest BCUT2D eigenvalue weighted by atomic mass is 16.2. The highest BCUT2D eigenvalue weighted by Gasteiger charge is 2.31. The van der Waals surface area contributed by atoms with E-state index in [2.05, 4.69) is 17.6 Å². The van der Waals surface area contributed by atoms with Crippen LogP contribution in [0.1, 0.15) is 42.3 Å². The molecule has 1 aliphatic rings. The third-order valence-electron chi connectivity index (χ3n) is 6.00. The minimum absolute atomic E-state index is 0.0106. The van der Waals surface area contributed by atoms with Crippen molar-refractivity contribution >= 4 is 17.8 Å². The van der Waals surface area contributed by atoms with Gasteiger partial charge in [-0.2, -0.15) is 0 Å². The Morgan fingerprint density at radius 3 is 2.03 bits per heavy atom. The third kappa shape index (κ3) is 6.57. The molecular weight excluding hydrogens is 416 g/mol. The summed E-state index contributed by atoms with van der Waals surface area (Å²) < 4.78 is 0. The zero-order valence-electron chi connectivity index (χ0n) is 19.7. The summed E-state index contributed by atoms with van der Waals surface area (Å²) in [5, 5.41) is 5.65. The van der Waals surface area contributed by atoms with Crippen LogP contribution < -0.4 is 10.6 Å². The lowest BCUT2D eigenvalue weighted by Gasteiger charge is -2.37. The Labute approximate surface area is 196 Å². The van der Waals surface area contributed by atoms with Crippen molar-refractivity contribution in [2.75, 3.05) is 26.2 Å². The smallest absolute Gasteiger partial charge is 0.315 e. The van der Waals surface area contributed by atoms with Crippen LogP contribution in [0.15, 0.2) is 54.6 Å². The van der Waals surface area contributed by atoms with Crippen LogP contribution in [0.25, 0.3) is 0 Å². The summed E-state index contributed by atoms with van der Waals surface area (Å²) in [6.45, 7) is 8.17. The molecule has 1 atom stereocenters. The highest BCUT2D eigenvalue weighted by Crippen LogP contribution is 2.13. The molecule has 1 saturated heterocycles. The number of aryl methyl sites for hydroxylation is 1. The summed E-state index contributed by atoms with van der Waals surface area (Å²) in [5.41, 5.74) is 2.86. The molecule has 33 heavy (non-hydrogen) atoms. The summed E-state index contributed by atoms with van der Waals surface area (Å²) in [6, 6.07) is 16.3. The molecule has 0 bridgehead atoms. The topological polar surface area (TPSA) is 81.8 Å². The first-order chi connectivity index (χ1) is 15.9. The summed E-state index contributed by atoms with van der Waals surface area (Å²) in [6.07, 6.45) is 0.935. The van der Waals surface area contributed by atoms with E-state index in [0.29, 0.717) is 38.3 Å². The number of rotatable bonds is 7. The second-order valence-corrected chi connectivity index (χ2v) is 8.70. The molecule has 7 heteroatoms. The fraction of sp³-hybridized carbons (Fsp3) is 0.423. The highest BCUT2D eigenvalue weighted by molar-refractivity contribution is 5.94. The van der Waals surface area contributed by atoms with Gasteiger partial charge in [-0.25, -0.2) is 4.79 Å². The largest absolute Gasteiger partial charge is 0.337 e. The molecule has 1 fully saturated rings. The van der Waals surface area contributed by atoms with Crippen LogP contribution >= 0.6 is 0 Å². The van der Waals surface area contributed by atoms with Gasteiger partial charge in [-0.15, -0.1) is 0 Å². The maximum absolute atomic E-state index is 13.1. The Bertz CT molecular complexity index is 936. The summed E-state index contributed by atoms with van der Waals surface area (Å²) in [4.78, 5) is 41.9. The van der Waals surface area contributed by atoms with Gasteiger partial charge in [0.05, 0.1) is 0 Å². The van der Waals surface area contributed by atoms with E-state index in [0.717, 1.165) is 12.0 Å². The third-order valence-corrected chi connectivity index (χ3v) is 6.00. The summed E-state index contributed by atoms with van der Waals surface area (Å²) in [7, 11) is 0. The normalized spacial score (nSPS) is 14.7. The Morgan fingerprint density at radius 1 is 0.848 bits per heavy atom. The molecule has 0 saturated carbocycles. The number of carbonyl (C=O) groups is 3. The lowest BCUT2D eigenvalue weighted by molar-refractivity contribution is -0.135. The van der Waals surface area contributed by atoms with Crippen LogP contribution in [0.2, 0.25) is 0 Å². The first-order valence-corrected chi connectivity index (χ1v) is 11.6. The summed E-state index contributed by atoms with van der Waals surface area (Å²) >= 11 is 0. The SMILES string of the molecule is CCc1ccc(C(=O)N2CCN(C(=O)C(NC(=O)NCc3ccccc3)C(C)C)CC2)cc1. The maximum Gasteiger partial charge on any atom is 0.315 e. The number of carbonyl (C=O) groups excluding carboxylic acids is 3. The molecule has 0 radical (unpaired) electrons. The van der Waals surface area contributed by atoms with Crippen LogP contribution in [-0.4, -0.2) is 59.9 Å². The van der Waals surface area contributed by atoms with Gasteiger partial charge in [-0.05, 0) is 35.6 Å². The van der Waals surface area contributed by atoms with Gasteiger partial charge < -0.3 is 20.4 Å². The second-order valence-electron chi connectivity index (χ2n) is 8.70. The molecule has 0 spiro atoms. The van der Waals surface area contributed by atoms with E-state index in [1.807, 2.05) is 68.4 Å². The van der Waals surface area contributed by atoms with E-state index >= 15 is 0 Å². The van der Waals surface area contributed by atoms with Crippen LogP contribution in [0.4, 0.5) is 4.79 Å². The average Bonchev–Trinajstić information content (AvgIpc) is 2.86. The van der Waals surface area contributed by atoms with Crippen molar-refractivity contribution in [2.24, 2.45) is 5.92 Å². The van der Waals surface area contributed by atoms with Gasteiger partial charge in [0, 0.05) is 38.3 Å². The van der Waals surface area contributed by atoms with Gasteiger partial charge in [-0.3, -0.25) is 9.59 Å². The number of nitrogens with one attached hydrogen (secondary N) is 2. The zero-order valence-corrected chi connectivity index (χ0v) is 19.7. The molecule has 1 aliphatic heterocycles. The van der Waals surface area contributed by atoms with E-state index in [1.165, 1.54) is 5.56 Å². The molecule has 2 aromatic carbocycles. The molecule has 4 amide bonds. The van der Waals surface area contributed by atoms with Crippen molar-refractivity contribution in [1.82, 2.24) is 20.4 Å². The van der Waals surface area contributed by atoms with E-state index in [-0.39, 0.29) is 23.8 Å². The lowest BCUT2D eigenvalue weighted by Crippen LogP contribution is -2.58. The molecule has 2 N–H and O–H groups in total. The van der Waals surface area contributed by atoms with Crippen LogP contribution in [0.3, 0.4) is 0 Å². The molecule has 2 aromatic rings. The molecule has 3 rings (SSSR count). The molecular formula is C26H34N4O3. The first kappa shape index (κ1) is 24.3. The first-order valence-electron chi connectivity index (χ1n) is 11.6. The van der Waals surface area contributed by atoms with Crippen molar-refractivity contribution in [3.05, 3.63) is 71.3 Å². The van der Waals surface area contributed by atoms with E-state index in [1.54, 1.807) is 9.80 Å². The standard InChI is InChI=1S/C26H34N4O3/c1-4-20-10-12-22(13-11-20)24(31)29-14-16-30(17-15-29)25(32)23(19(2)3)28-26(33)27-18-21-8-6-5-7-9-21/h5-13,19,23H,4,14-18H2,1-3H3,(H2,27,28,33). The van der Waals surface area contributed by atoms with Gasteiger partial charge in [-0.1, -0.05) is 63.2 Å².